The van der Waals surface area contributed by atoms with Crippen LogP contribution in [-0.2, 0) is 0 Å². The SMILES string of the molecule is CCC(C#N)CNc1ccc(OC)c(OC)c1. The van der Waals surface area contributed by atoms with Gasteiger partial charge in [0.15, 0.2) is 11.5 Å². The van der Waals surface area contributed by atoms with Gasteiger partial charge in [-0.1, -0.05) is 6.92 Å². The summed E-state index contributed by atoms with van der Waals surface area (Å²) in [4.78, 5) is 0. The third-order valence-electron chi connectivity index (χ3n) is 2.61. The van der Waals surface area contributed by atoms with E-state index in [0.29, 0.717) is 18.0 Å². The molecule has 4 nitrogen and oxygen atoms in total. The van der Waals surface area contributed by atoms with Crippen molar-refractivity contribution in [3.8, 4) is 17.6 Å². The topological polar surface area (TPSA) is 54.3 Å². The van der Waals surface area contributed by atoms with Crippen molar-refractivity contribution in [1.82, 2.24) is 0 Å². The molecule has 1 aromatic rings. The second kappa shape index (κ2) is 6.64. The summed E-state index contributed by atoms with van der Waals surface area (Å²) in [6.45, 7) is 2.65. The van der Waals surface area contributed by atoms with Crippen molar-refractivity contribution < 1.29 is 9.47 Å². The maximum absolute atomic E-state index is 8.85. The lowest BCUT2D eigenvalue weighted by atomic mass is 10.1. The Morgan fingerprint density at radius 1 is 1.29 bits per heavy atom. The number of nitrogens with zero attached hydrogens (tertiary/aromatic N) is 1. The number of nitrogens with one attached hydrogen (secondary N) is 1. The van der Waals surface area contributed by atoms with Crippen molar-refractivity contribution >= 4 is 5.69 Å². The standard InChI is InChI=1S/C13H18N2O2/c1-4-10(8-14)9-15-11-5-6-12(16-2)13(7-11)17-3/h5-7,10,15H,4,9H2,1-3H3. The number of benzene rings is 1. The van der Waals surface area contributed by atoms with Crippen LogP contribution in [-0.4, -0.2) is 20.8 Å². The zero-order valence-electron chi connectivity index (χ0n) is 10.5. The van der Waals surface area contributed by atoms with E-state index in [-0.39, 0.29) is 5.92 Å². The number of anilines is 1. The maximum atomic E-state index is 8.85. The average molecular weight is 234 g/mol. The summed E-state index contributed by atoms with van der Waals surface area (Å²) in [5.41, 5.74) is 0.927. The fraction of sp³-hybridized carbons (Fsp3) is 0.462. The van der Waals surface area contributed by atoms with Gasteiger partial charge in [0.1, 0.15) is 0 Å². The van der Waals surface area contributed by atoms with Gasteiger partial charge in [0.2, 0.25) is 0 Å². The highest BCUT2D eigenvalue weighted by Crippen LogP contribution is 2.29. The summed E-state index contributed by atoms with van der Waals surface area (Å²) in [7, 11) is 3.21. The van der Waals surface area contributed by atoms with Gasteiger partial charge in [-0.25, -0.2) is 0 Å². The average Bonchev–Trinajstić information content (AvgIpc) is 2.39. The molecule has 1 rings (SSSR count). The van der Waals surface area contributed by atoms with Gasteiger partial charge in [0, 0.05) is 18.3 Å². The summed E-state index contributed by atoms with van der Waals surface area (Å²) in [6.07, 6.45) is 0.844. The molecule has 1 N–H and O–H groups in total. The molecule has 0 fully saturated rings. The van der Waals surface area contributed by atoms with Gasteiger partial charge < -0.3 is 14.8 Å². The molecular weight excluding hydrogens is 216 g/mol. The van der Waals surface area contributed by atoms with E-state index in [9.17, 15) is 0 Å². The van der Waals surface area contributed by atoms with Crippen LogP contribution >= 0.6 is 0 Å². The highest BCUT2D eigenvalue weighted by atomic mass is 16.5. The molecule has 0 spiro atoms. The molecule has 0 aliphatic carbocycles. The van der Waals surface area contributed by atoms with E-state index in [0.717, 1.165) is 12.1 Å². The van der Waals surface area contributed by atoms with E-state index in [4.69, 9.17) is 14.7 Å². The van der Waals surface area contributed by atoms with E-state index < -0.39 is 0 Å². The molecule has 1 atom stereocenters. The Morgan fingerprint density at radius 2 is 2.00 bits per heavy atom. The van der Waals surface area contributed by atoms with Gasteiger partial charge in [-0.15, -0.1) is 0 Å². The molecule has 0 saturated carbocycles. The van der Waals surface area contributed by atoms with Crippen molar-refractivity contribution in [1.29, 1.82) is 5.26 Å². The number of hydrogen-bond donors (Lipinski definition) is 1. The van der Waals surface area contributed by atoms with Gasteiger partial charge in [-0.05, 0) is 18.6 Å². The molecule has 0 heterocycles. The highest BCUT2D eigenvalue weighted by Gasteiger charge is 2.06. The minimum atomic E-state index is 0.0306. The van der Waals surface area contributed by atoms with Crippen molar-refractivity contribution in [2.45, 2.75) is 13.3 Å². The first kappa shape index (κ1) is 13.2. The molecule has 92 valence electrons. The van der Waals surface area contributed by atoms with Crippen LogP contribution in [0, 0.1) is 17.2 Å². The molecule has 0 saturated heterocycles. The van der Waals surface area contributed by atoms with E-state index in [1.54, 1.807) is 14.2 Å². The molecule has 0 radical (unpaired) electrons. The molecule has 0 aliphatic heterocycles. The lowest BCUT2D eigenvalue weighted by molar-refractivity contribution is 0.355. The summed E-state index contributed by atoms with van der Waals surface area (Å²) in [5, 5.41) is 12.1. The predicted molar refractivity (Wildman–Crippen MR) is 67.4 cm³/mol. The quantitative estimate of drug-likeness (QED) is 0.822. The number of hydrogen-bond acceptors (Lipinski definition) is 4. The molecule has 4 heteroatoms. The third-order valence-corrected chi connectivity index (χ3v) is 2.61. The zero-order chi connectivity index (χ0) is 12.7. The molecule has 0 bridgehead atoms. The number of nitriles is 1. The molecular formula is C13H18N2O2. The fourth-order valence-corrected chi connectivity index (χ4v) is 1.47. The molecule has 0 amide bonds. The molecule has 0 aromatic heterocycles. The number of ether oxygens (including phenoxy) is 2. The Bertz CT molecular complexity index is 399. The summed E-state index contributed by atoms with van der Waals surface area (Å²) < 4.78 is 10.4. The first-order chi connectivity index (χ1) is 8.24. The Hall–Kier alpha value is -1.89. The normalized spacial score (nSPS) is 11.4. The fourth-order valence-electron chi connectivity index (χ4n) is 1.47. The molecule has 0 aliphatic rings. The maximum Gasteiger partial charge on any atom is 0.162 e. The predicted octanol–water partition coefficient (Wildman–Crippen LogP) is 2.67. The van der Waals surface area contributed by atoms with Crippen molar-refractivity contribution in [3.05, 3.63) is 18.2 Å². The smallest absolute Gasteiger partial charge is 0.162 e. The molecule has 17 heavy (non-hydrogen) atoms. The number of rotatable bonds is 6. The van der Waals surface area contributed by atoms with E-state index in [2.05, 4.69) is 11.4 Å². The van der Waals surface area contributed by atoms with Crippen LogP contribution in [0.2, 0.25) is 0 Å². The largest absolute Gasteiger partial charge is 0.493 e. The third kappa shape index (κ3) is 3.56. The first-order valence-corrected chi connectivity index (χ1v) is 5.60. The lowest BCUT2D eigenvalue weighted by Crippen LogP contribution is -2.11. The van der Waals surface area contributed by atoms with Crippen LogP contribution in [0.1, 0.15) is 13.3 Å². The summed E-state index contributed by atoms with van der Waals surface area (Å²) >= 11 is 0. The summed E-state index contributed by atoms with van der Waals surface area (Å²) in [6, 6.07) is 7.87. The van der Waals surface area contributed by atoms with E-state index in [1.807, 2.05) is 25.1 Å². The van der Waals surface area contributed by atoms with Gasteiger partial charge in [0.05, 0.1) is 26.2 Å². The van der Waals surface area contributed by atoms with E-state index in [1.165, 1.54) is 0 Å². The van der Waals surface area contributed by atoms with Crippen LogP contribution in [0.15, 0.2) is 18.2 Å². The minimum absolute atomic E-state index is 0.0306. The van der Waals surface area contributed by atoms with Crippen LogP contribution in [0.5, 0.6) is 11.5 Å². The Labute approximate surface area is 102 Å². The molecule has 1 unspecified atom stereocenters. The van der Waals surface area contributed by atoms with Gasteiger partial charge in [0.25, 0.3) is 0 Å². The van der Waals surface area contributed by atoms with Crippen LogP contribution < -0.4 is 14.8 Å². The summed E-state index contributed by atoms with van der Waals surface area (Å²) in [5.74, 6) is 1.41. The van der Waals surface area contributed by atoms with Crippen LogP contribution in [0.25, 0.3) is 0 Å². The molecule has 1 aromatic carbocycles. The number of methoxy groups -OCH3 is 2. The Kier molecular flexibility index (Phi) is 5.15. The second-order valence-electron chi connectivity index (χ2n) is 3.68. The first-order valence-electron chi connectivity index (χ1n) is 5.60. The Balaban J connectivity index is 2.70. The van der Waals surface area contributed by atoms with E-state index >= 15 is 0 Å². The monoisotopic (exact) mass is 234 g/mol. The van der Waals surface area contributed by atoms with Crippen LogP contribution in [0.3, 0.4) is 0 Å². The lowest BCUT2D eigenvalue weighted by Gasteiger charge is -2.12. The second-order valence-corrected chi connectivity index (χ2v) is 3.68. The zero-order valence-corrected chi connectivity index (χ0v) is 10.5. The van der Waals surface area contributed by atoms with Gasteiger partial charge in [-0.2, -0.15) is 5.26 Å². The van der Waals surface area contributed by atoms with Gasteiger partial charge in [-0.3, -0.25) is 0 Å². The minimum Gasteiger partial charge on any atom is -0.493 e. The van der Waals surface area contributed by atoms with Crippen molar-refractivity contribution in [3.63, 3.8) is 0 Å². The van der Waals surface area contributed by atoms with Crippen molar-refractivity contribution in [2.24, 2.45) is 5.92 Å². The Morgan fingerprint density at radius 3 is 2.53 bits per heavy atom. The van der Waals surface area contributed by atoms with Gasteiger partial charge >= 0.3 is 0 Å². The van der Waals surface area contributed by atoms with Crippen molar-refractivity contribution in [2.75, 3.05) is 26.1 Å². The van der Waals surface area contributed by atoms with Crippen LogP contribution in [0.4, 0.5) is 5.69 Å². The highest BCUT2D eigenvalue weighted by molar-refractivity contribution is 5.54.